The zero-order valence-corrected chi connectivity index (χ0v) is 12.0. The summed E-state index contributed by atoms with van der Waals surface area (Å²) in [7, 11) is -3.43. The lowest BCUT2D eigenvalue weighted by Gasteiger charge is -2.34. The van der Waals surface area contributed by atoms with Gasteiger partial charge in [0.05, 0.1) is 19.4 Å². The summed E-state index contributed by atoms with van der Waals surface area (Å²) >= 11 is 0. The Morgan fingerprint density at radius 1 is 1.30 bits per heavy atom. The van der Waals surface area contributed by atoms with E-state index < -0.39 is 28.1 Å². The van der Waals surface area contributed by atoms with Crippen molar-refractivity contribution in [1.29, 1.82) is 0 Å². The molecule has 2 aliphatic rings. The molecule has 1 N–H and O–H groups in total. The number of amides is 1. The molecule has 9 heteroatoms. The zero-order chi connectivity index (χ0) is 14.9. The van der Waals surface area contributed by atoms with Crippen LogP contribution in [0.5, 0.6) is 0 Å². The molecule has 2 atom stereocenters. The maximum atomic E-state index is 12.4. The molecule has 2 saturated heterocycles. The van der Waals surface area contributed by atoms with E-state index in [1.165, 1.54) is 9.21 Å². The number of rotatable bonds is 3. The van der Waals surface area contributed by atoms with Crippen LogP contribution in [0.25, 0.3) is 0 Å². The van der Waals surface area contributed by atoms with E-state index in [1.54, 1.807) is 0 Å². The molecule has 0 aliphatic carbocycles. The first-order valence-electron chi connectivity index (χ1n) is 6.40. The van der Waals surface area contributed by atoms with E-state index in [9.17, 15) is 18.0 Å². The number of sulfonamides is 1. The molecule has 20 heavy (non-hydrogen) atoms. The third-order valence-electron chi connectivity index (χ3n) is 3.57. The number of morpholine rings is 1. The van der Waals surface area contributed by atoms with Gasteiger partial charge in [-0.2, -0.15) is 4.31 Å². The van der Waals surface area contributed by atoms with Crippen LogP contribution < -0.4 is 0 Å². The number of aliphatic carboxylic acids is 1. The largest absolute Gasteiger partial charge is 0.479 e. The van der Waals surface area contributed by atoms with Crippen molar-refractivity contribution in [3.8, 4) is 0 Å². The minimum absolute atomic E-state index is 0.0394. The number of hydrogen-bond donors (Lipinski definition) is 1. The Morgan fingerprint density at radius 3 is 2.60 bits per heavy atom. The summed E-state index contributed by atoms with van der Waals surface area (Å²) in [5.41, 5.74) is 0. The van der Waals surface area contributed by atoms with E-state index in [-0.39, 0.29) is 25.6 Å². The van der Waals surface area contributed by atoms with E-state index in [0.29, 0.717) is 19.4 Å². The highest BCUT2D eigenvalue weighted by atomic mass is 32.2. The lowest BCUT2D eigenvalue weighted by atomic mass is 10.1. The first-order valence-corrected chi connectivity index (χ1v) is 8.25. The second-order valence-corrected chi connectivity index (χ2v) is 6.95. The van der Waals surface area contributed by atoms with Gasteiger partial charge in [-0.15, -0.1) is 0 Å². The number of ether oxygens (including phenoxy) is 1. The van der Waals surface area contributed by atoms with Crippen molar-refractivity contribution < 1.29 is 27.9 Å². The average molecular weight is 306 g/mol. The molecule has 2 aliphatic heterocycles. The van der Waals surface area contributed by atoms with Crippen molar-refractivity contribution in [2.24, 2.45) is 0 Å². The minimum Gasteiger partial charge on any atom is -0.479 e. The van der Waals surface area contributed by atoms with Crippen LogP contribution in [0, 0.1) is 0 Å². The van der Waals surface area contributed by atoms with Crippen LogP contribution in [0.3, 0.4) is 0 Å². The van der Waals surface area contributed by atoms with E-state index >= 15 is 0 Å². The predicted molar refractivity (Wildman–Crippen MR) is 68.5 cm³/mol. The summed E-state index contributed by atoms with van der Waals surface area (Å²) in [6, 6.07) is -0.711. The third-order valence-corrected chi connectivity index (χ3v) is 4.86. The molecule has 0 aromatic carbocycles. The zero-order valence-electron chi connectivity index (χ0n) is 11.2. The molecule has 0 bridgehead atoms. The number of carboxylic acids is 1. The second-order valence-electron chi connectivity index (χ2n) is 5.01. The fourth-order valence-electron chi connectivity index (χ4n) is 2.59. The van der Waals surface area contributed by atoms with Gasteiger partial charge in [-0.1, -0.05) is 0 Å². The SMILES string of the molecule is CS(=O)(=O)N1CCC[C@@H]1C(=O)N1CCO[C@@H](C(=O)O)C1. The summed E-state index contributed by atoms with van der Waals surface area (Å²) in [4.78, 5) is 24.7. The van der Waals surface area contributed by atoms with Gasteiger partial charge in [0, 0.05) is 13.1 Å². The Balaban J connectivity index is 2.09. The highest BCUT2D eigenvalue weighted by molar-refractivity contribution is 7.88. The maximum Gasteiger partial charge on any atom is 0.334 e. The first kappa shape index (κ1) is 15.2. The summed E-state index contributed by atoms with van der Waals surface area (Å²) in [5, 5.41) is 8.92. The Hall–Kier alpha value is -1.19. The predicted octanol–water partition coefficient (Wildman–Crippen LogP) is -1.28. The van der Waals surface area contributed by atoms with Gasteiger partial charge in [0.1, 0.15) is 6.04 Å². The Kier molecular flexibility index (Phi) is 4.31. The molecule has 8 nitrogen and oxygen atoms in total. The van der Waals surface area contributed by atoms with Crippen LogP contribution in [0.4, 0.5) is 0 Å². The standard InChI is InChI=1S/C11H18N2O6S/c1-20(17,18)13-4-2-3-8(13)10(14)12-5-6-19-9(7-12)11(15)16/h8-9H,2-7H2,1H3,(H,15,16)/t8-,9-/m1/s1. The summed E-state index contributed by atoms with van der Waals surface area (Å²) in [6.45, 7) is 0.731. The Bertz CT molecular complexity index is 505. The van der Waals surface area contributed by atoms with Gasteiger partial charge in [0.2, 0.25) is 15.9 Å². The van der Waals surface area contributed by atoms with E-state index in [0.717, 1.165) is 6.26 Å². The Labute approximate surface area is 117 Å². The number of carbonyl (C=O) groups excluding carboxylic acids is 1. The normalized spacial score (nSPS) is 28.6. The molecule has 0 unspecified atom stereocenters. The average Bonchev–Trinajstić information content (AvgIpc) is 2.87. The van der Waals surface area contributed by atoms with Crippen molar-refractivity contribution in [2.75, 3.05) is 32.5 Å². The van der Waals surface area contributed by atoms with Gasteiger partial charge in [0.15, 0.2) is 6.10 Å². The molecule has 0 radical (unpaired) electrons. The Morgan fingerprint density at radius 2 is 2.00 bits per heavy atom. The van der Waals surface area contributed by atoms with E-state index in [4.69, 9.17) is 9.84 Å². The molecule has 0 aromatic heterocycles. The molecule has 2 rings (SSSR count). The molecular weight excluding hydrogens is 288 g/mol. The molecular formula is C11H18N2O6S. The monoisotopic (exact) mass is 306 g/mol. The van der Waals surface area contributed by atoms with Crippen molar-refractivity contribution in [3.05, 3.63) is 0 Å². The van der Waals surface area contributed by atoms with Gasteiger partial charge >= 0.3 is 5.97 Å². The maximum absolute atomic E-state index is 12.4. The lowest BCUT2D eigenvalue weighted by molar-refractivity contribution is -0.160. The second kappa shape index (κ2) is 5.66. The number of carbonyl (C=O) groups is 2. The number of hydrogen-bond acceptors (Lipinski definition) is 5. The van der Waals surface area contributed by atoms with Crippen LogP contribution in [0.1, 0.15) is 12.8 Å². The van der Waals surface area contributed by atoms with Crippen molar-refractivity contribution >= 4 is 21.9 Å². The quantitative estimate of drug-likeness (QED) is 0.696. The van der Waals surface area contributed by atoms with Crippen LogP contribution in [0.2, 0.25) is 0 Å². The van der Waals surface area contributed by atoms with Crippen LogP contribution >= 0.6 is 0 Å². The molecule has 1 amide bonds. The van der Waals surface area contributed by atoms with Crippen molar-refractivity contribution in [2.45, 2.75) is 25.0 Å². The highest BCUT2D eigenvalue weighted by Gasteiger charge is 2.40. The van der Waals surface area contributed by atoms with Crippen LogP contribution in [-0.4, -0.2) is 79.2 Å². The van der Waals surface area contributed by atoms with Crippen LogP contribution in [0.15, 0.2) is 0 Å². The molecule has 2 fully saturated rings. The fourth-order valence-corrected chi connectivity index (χ4v) is 3.71. The van der Waals surface area contributed by atoms with Crippen LogP contribution in [-0.2, 0) is 24.3 Å². The molecule has 114 valence electrons. The molecule has 0 aromatic rings. The first-order chi connectivity index (χ1) is 9.30. The van der Waals surface area contributed by atoms with Gasteiger partial charge in [-0.3, -0.25) is 4.79 Å². The molecule has 0 spiro atoms. The van der Waals surface area contributed by atoms with E-state index in [2.05, 4.69) is 0 Å². The van der Waals surface area contributed by atoms with Gasteiger partial charge in [0.25, 0.3) is 0 Å². The highest BCUT2D eigenvalue weighted by Crippen LogP contribution is 2.23. The van der Waals surface area contributed by atoms with Gasteiger partial charge in [-0.25, -0.2) is 13.2 Å². The smallest absolute Gasteiger partial charge is 0.334 e. The number of carboxylic acid groups (broad SMARTS) is 1. The van der Waals surface area contributed by atoms with Crippen molar-refractivity contribution in [1.82, 2.24) is 9.21 Å². The summed E-state index contributed by atoms with van der Waals surface area (Å²) < 4.78 is 29.5. The van der Waals surface area contributed by atoms with Gasteiger partial charge < -0.3 is 14.7 Å². The fraction of sp³-hybridized carbons (Fsp3) is 0.818. The topological polar surface area (TPSA) is 104 Å². The third kappa shape index (κ3) is 3.10. The lowest BCUT2D eigenvalue weighted by Crippen LogP contribution is -2.54. The van der Waals surface area contributed by atoms with Crippen molar-refractivity contribution in [3.63, 3.8) is 0 Å². The molecule has 0 saturated carbocycles. The summed E-state index contributed by atoms with van der Waals surface area (Å²) in [5.74, 6) is -1.45. The van der Waals surface area contributed by atoms with E-state index in [1.807, 2.05) is 0 Å². The van der Waals surface area contributed by atoms with Gasteiger partial charge in [-0.05, 0) is 12.8 Å². The number of nitrogens with zero attached hydrogens (tertiary/aromatic N) is 2. The summed E-state index contributed by atoms with van der Waals surface area (Å²) in [6.07, 6.45) is 1.15. The molecule has 2 heterocycles. The minimum atomic E-state index is -3.43.